The van der Waals surface area contributed by atoms with Crippen LogP contribution in [-0.4, -0.2) is 51.7 Å². The largest absolute Gasteiger partial charge is 0.377 e. The number of carbonyl (C=O) groups is 1. The lowest BCUT2D eigenvalue weighted by atomic mass is 10.0. The van der Waals surface area contributed by atoms with Crippen molar-refractivity contribution in [2.24, 2.45) is 0 Å². The Bertz CT molecular complexity index is 709. The Hall–Kier alpha value is -2.28. The highest BCUT2D eigenvalue weighted by molar-refractivity contribution is 5.96. The quantitative estimate of drug-likeness (QED) is 0.851. The van der Waals surface area contributed by atoms with E-state index >= 15 is 0 Å². The summed E-state index contributed by atoms with van der Waals surface area (Å²) in [4.78, 5) is 23.5. The highest BCUT2D eigenvalue weighted by Crippen LogP contribution is 2.21. The normalized spacial score (nSPS) is 18.0. The van der Waals surface area contributed by atoms with Crippen molar-refractivity contribution in [3.8, 4) is 0 Å². The van der Waals surface area contributed by atoms with Crippen molar-refractivity contribution in [2.75, 3.05) is 19.8 Å². The summed E-state index contributed by atoms with van der Waals surface area (Å²) in [5, 5.41) is 3.89. The molecular formula is C17H22N4O3. The molecule has 1 fully saturated rings. The number of amides is 1. The van der Waals surface area contributed by atoms with Crippen molar-refractivity contribution in [1.29, 1.82) is 0 Å². The smallest absolute Gasteiger partial charge is 0.259 e. The third-order valence-corrected chi connectivity index (χ3v) is 4.43. The molecule has 2 aromatic rings. The van der Waals surface area contributed by atoms with Gasteiger partial charge in [-0.05, 0) is 33.6 Å². The van der Waals surface area contributed by atoms with E-state index in [0.717, 1.165) is 24.2 Å². The van der Waals surface area contributed by atoms with E-state index in [4.69, 9.17) is 9.26 Å². The first-order valence-electron chi connectivity index (χ1n) is 8.16. The molecular weight excluding hydrogens is 308 g/mol. The predicted octanol–water partition coefficient (Wildman–Crippen LogP) is 1.86. The lowest BCUT2D eigenvalue weighted by Crippen LogP contribution is -2.49. The summed E-state index contributed by atoms with van der Waals surface area (Å²) in [6.07, 6.45) is 4.94. The Labute approximate surface area is 141 Å². The summed E-state index contributed by atoms with van der Waals surface area (Å²) >= 11 is 0. The maximum Gasteiger partial charge on any atom is 0.259 e. The first-order valence-corrected chi connectivity index (χ1v) is 8.16. The molecule has 128 valence electrons. The van der Waals surface area contributed by atoms with Gasteiger partial charge in [0.15, 0.2) is 0 Å². The van der Waals surface area contributed by atoms with Crippen LogP contribution in [0.15, 0.2) is 16.9 Å². The van der Waals surface area contributed by atoms with Gasteiger partial charge < -0.3 is 14.2 Å². The lowest BCUT2D eigenvalue weighted by molar-refractivity contribution is -0.00426. The molecule has 1 aliphatic heterocycles. The van der Waals surface area contributed by atoms with Gasteiger partial charge in [0, 0.05) is 18.9 Å². The second kappa shape index (κ2) is 7.09. The maximum atomic E-state index is 12.9. The molecule has 0 unspecified atom stereocenters. The van der Waals surface area contributed by atoms with E-state index in [0.29, 0.717) is 36.8 Å². The highest BCUT2D eigenvalue weighted by atomic mass is 16.5. The summed E-state index contributed by atoms with van der Waals surface area (Å²) in [6.45, 7) is 7.18. The monoisotopic (exact) mass is 330 g/mol. The minimum absolute atomic E-state index is 0.0151. The number of ether oxygens (including phenoxy) is 1. The Kier molecular flexibility index (Phi) is 4.89. The van der Waals surface area contributed by atoms with Gasteiger partial charge in [-0.1, -0.05) is 5.16 Å². The molecule has 0 radical (unpaired) electrons. The van der Waals surface area contributed by atoms with E-state index < -0.39 is 0 Å². The van der Waals surface area contributed by atoms with Crippen LogP contribution >= 0.6 is 0 Å². The Balaban J connectivity index is 1.74. The average Bonchev–Trinajstić information content (AvgIpc) is 2.92. The summed E-state index contributed by atoms with van der Waals surface area (Å²) in [5.74, 6) is 0.530. The maximum absolute atomic E-state index is 12.9. The summed E-state index contributed by atoms with van der Waals surface area (Å²) in [7, 11) is 0. The van der Waals surface area contributed by atoms with Crippen LogP contribution in [-0.2, 0) is 11.2 Å². The molecule has 24 heavy (non-hydrogen) atoms. The van der Waals surface area contributed by atoms with Gasteiger partial charge in [-0.2, -0.15) is 0 Å². The van der Waals surface area contributed by atoms with Gasteiger partial charge in [-0.25, -0.2) is 0 Å². The fraction of sp³-hybridized carbons (Fsp3) is 0.529. The van der Waals surface area contributed by atoms with E-state index in [-0.39, 0.29) is 11.9 Å². The van der Waals surface area contributed by atoms with Crippen LogP contribution in [0.4, 0.5) is 0 Å². The van der Waals surface area contributed by atoms with Crippen LogP contribution in [0.2, 0.25) is 0 Å². The van der Waals surface area contributed by atoms with Crippen LogP contribution in [0.1, 0.15) is 39.6 Å². The fourth-order valence-corrected chi connectivity index (χ4v) is 3.08. The first-order chi connectivity index (χ1) is 11.6. The molecule has 0 aromatic carbocycles. The number of morpholine rings is 1. The topological polar surface area (TPSA) is 81.4 Å². The number of carbonyl (C=O) groups excluding carboxylic acids is 1. The molecule has 0 saturated carbocycles. The number of nitrogens with zero attached hydrogens (tertiary/aromatic N) is 4. The Morgan fingerprint density at radius 2 is 2.04 bits per heavy atom. The zero-order valence-electron chi connectivity index (χ0n) is 14.3. The third kappa shape index (κ3) is 3.31. The fourth-order valence-electron chi connectivity index (χ4n) is 3.08. The first kappa shape index (κ1) is 16.6. The van der Waals surface area contributed by atoms with Crippen molar-refractivity contribution in [2.45, 2.75) is 39.7 Å². The molecule has 3 rings (SSSR count). The van der Waals surface area contributed by atoms with Crippen LogP contribution in [0, 0.1) is 20.8 Å². The second-order valence-corrected chi connectivity index (χ2v) is 6.05. The van der Waals surface area contributed by atoms with Crippen molar-refractivity contribution < 1.29 is 14.1 Å². The highest BCUT2D eigenvalue weighted by Gasteiger charge is 2.31. The number of hydrogen-bond donors (Lipinski definition) is 0. The van der Waals surface area contributed by atoms with Crippen molar-refractivity contribution in [3.63, 3.8) is 0 Å². The summed E-state index contributed by atoms with van der Waals surface area (Å²) in [6, 6.07) is 0.0151. The predicted molar refractivity (Wildman–Crippen MR) is 86.7 cm³/mol. The Morgan fingerprint density at radius 1 is 1.25 bits per heavy atom. The molecule has 0 bridgehead atoms. The summed E-state index contributed by atoms with van der Waals surface area (Å²) in [5.41, 5.74) is 3.09. The van der Waals surface area contributed by atoms with E-state index in [1.807, 2.05) is 11.8 Å². The second-order valence-electron chi connectivity index (χ2n) is 6.05. The third-order valence-electron chi connectivity index (χ3n) is 4.43. The molecule has 1 aliphatic rings. The zero-order chi connectivity index (χ0) is 17.1. The van der Waals surface area contributed by atoms with E-state index in [1.54, 1.807) is 26.2 Å². The standard InChI is InChI=1S/C17H22N4O3/c1-11-15(19-7-6-18-11)5-4-14-10-23-9-8-21(14)17(22)16-12(2)20-24-13(16)3/h6-7,14H,4-5,8-10H2,1-3H3/t14-/m1/s1. The molecule has 1 atom stereocenters. The number of aromatic nitrogens is 3. The molecule has 7 heteroatoms. The molecule has 2 aromatic heterocycles. The van der Waals surface area contributed by atoms with Crippen LogP contribution in [0.5, 0.6) is 0 Å². The van der Waals surface area contributed by atoms with E-state index in [9.17, 15) is 4.79 Å². The molecule has 0 spiro atoms. The summed E-state index contributed by atoms with van der Waals surface area (Å²) < 4.78 is 10.7. The van der Waals surface area contributed by atoms with Gasteiger partial charge in [-0.15, -0.1) is 0 Å². The zero-order valence-corrected chi connectivity index (χ0v) is 14.3. The van der Waals surface area contributed by atoms with Gasteiger partial charge >= 0.3 is 0 Å². The van der Waals surface area contributed by atoms with Gasteiger partial charge in [0.2, 0.25) is 0 Å². The van der Waals surface area contributed by atoms with Crippen LogP contribution in [0.25, 0.3) is 0 Å². The van der Waals surface area contributed by atoms with Crippen LogP contribution in [0.3, 0.4) is 0 Å². The Morgan fingerprint density at radius 3 is 2.75 bits per heavy atom. The van der Waals surface area contributed by atoms with E-state index in [2.05, 4.69) is 15.1 Å². The van der Waals surface area contributed by atoms with Crippen molar-refractivity contribution in [1.82, 2.24) is 20.0 Å². The molecule has 3 heterocycles. The number of rotatable bonds is 4. The minimum Gasteiger partial charge on any atom is -0.377 e. The average molecular weight is 330 g/mol. The molecule has 1 saturated heterocycles. The van der Waals surface area contributed by atoms with Gasteiger partial charge in [-0.3, -0.25) is 14.8 Å². The van der Waals surface area contributed by atoms with E-state index in [1.165, 1.54) is 0 Å². The molecule has 7 nitrogen and oxygen atoms in total. The van der Waals surface area contributed by atoms with Gasteiger partial charge in [0.1, 0.15) is 11.3 Å². The molecule has 0 N–H and O–H groups in total. The minimum atomic E-state index is -0.0320. The van der Waals surface area contributed by atoms with Gasteiger partial charge in [0.25, 0.3) is 5.91 Å². The SMILES string of the molecule is Cc1nccnc1CC[C@@H]1COCCN1C(=O)c1c(C)noc1C. The van der Waals surface area contributed by atoms with Crippen molar-refractivity contribution >= 4 is 5.91 Å². The lowest BCUT2D eigenvalue weighted by Gasteiger charge is -2.35. The van der Waals surface area contributed by atoms with Crippen molar-refractivity contribution in [3.05, 3.63) is 40.8 Å². The number of hydrogen-bond acceptors (Lipinski definition) is 6. The van der Waals surface area contributed by atoms with Gasteiger partial charge in [0.05, 0.1) is 36.3 Å². The number of aryl methyl sites for hydroxylation is 4. The molecule has 1 amide bonds. The molecule has 0 aliphatic carbocycles. The van der Waals surface area contributed by atoms with Crippen LogP contribution < -0.4 is 0 Å².